The molecule has 186 valence electrons. The Morgan fingerprint density at radius 3 is 2.34 bits per heavy atom. The number of ether oxygens (including phenoxy) is 1. The van der Waals surface area contributed by atoms with Gasteiger partial charge in [-0.25, -0.2) is 9.69 Å². The Morgan fingerprint density at radius 2 is 1.71 bits per heavy atom. The van der Waals surface area contributed by atoms with Crippen molar-refractivity contribution in [2.45, 2.75) is 51.6 Å². The number of rotatable bonds is 5. The van der Waals surface area contributed by atoms with E-state index in [1.807, 2.05) is 0 Å². The van der Waals surface area contributed by atoms with E-state index in [9.17, 15) is 27.6 Å². The average Bonchev–Trinajstić information content (AvgIpc) is 2.98. The summed E-state index contributed by atoms with van der Waals surface area (Å²) in [5, 5.41) is 0. The molecule has 11 heteroatoms. The zero-order chi connectivity index (χ0) is 25.4. The van der Waals surface area contributed by atoms with Gasteiger partial charge in [0.2, 0.25) is 0 Å². The lowest BCUT2D eigenvalue weighted by Gasteiger charge is -2.30. The fourth-order valence-corrected chi connectivity index (χ4v) is 4.32. The van der Waals surface area contributed by atoms with Crippen molar-refractivity contribution in [3.05, 3.63) is 53.9 Å². The van der Waals surface area contributed by atoms with Crippen molar-refractivity contribution >= 4 is 23.5 Å². The second-order valence-electron chi connectivity index (χ2n) is 9.00. The van der Waals surface area contributed by atoms with Gasteiger partial charge in [-0.2, -0.15) is 0 Å². The van der Waals surface area contributed by atoms with Crippen LogP contribution in [0.1, 0.15) is 49.0 Å². The fraction of sp³-hybridized carbons (Fsp3) is 0.417. The number of urea groups is 1. The first-order valence-electron chi connectivity index (χ1n) is 11.2. The van der Waals surface area contributed by atoms with Gasteiger partial charge in [0.05, 0.1) is 11.3 Å². The van der Waals surface area contributed by atoms with E-state index in [2.05, 4.69) is 9.72 Å². The van der Waals surface area contributed by atoms with Crippen molar-refractivity contribution in [2.24, 2.45) is 0 Å². The minimum absolute atomic E-state index is 0.0131. The molecule has 4 amide bonds. The number of likely N-dealkylation sites (tertiary alicyclic amines) is 1. The number of hydrogen-bond donors (Lipinski definition) is 0. The number of carbonyl (C=O) groups excluding carboxylic acids is 3. The van der Waals surface area contributed by atoms with Crippen LogP contribution in [-0.2, 0) is 11.3 Å². The number of alkyl halides is 3. The zero-order valence-corrected chi connectivity index (χ0v) is 19.3. The number of imide groups is 1. The summed E-state index contributed by atoms with van der Waals surface area (Å²) in [5.74, 6) is -1.17. The molecule has 0 unspecified atom stereocenters. The molecule has 0 spiro atoms. The molecule has 2 aliphatic heterocycles. The third-order valence-electron chi connectivity index (χ3n) is 6.27. The molecule has 2 fully saturated rings. The molecular formula is C24H25F3N4O4. The maximum atomic E-state index is 13.3. The molecule has 35 heavy (non-hydrogen) atoms. The van der Waals surface area contributed by atoms with E-state index in [1.165, 1.54) is 29.4 Å². The molecule has 4 rings (SSSR count). The largest absolute Gasteiger partial charge is 0.573 e. The first kappa shape index (κ1) is 24.5. The average molecular weight is 490 g/mol. The van der Waals surface area contributed by atoms with Gasteiger partial charge in [0.1, 0.15) is 11.3 Å². The smallest absolute Gasteiger partial charge is 0.406 e. The molecule has 0 N–H and O–H groups in total. The summed E-state index contributed by atoms with van der Waals surface area (Å²) in [5.41, 5.74) is -0.213. The third kappa shape index (κ3) is 4.94. The van der Waals surface area contributed by atoms with Crippen LogP contribution in [-0.4, -0.2) is 57.6 Å². The number of benzene rings is 1. The number of amides is 4. The summed E-state index contributed by atoms with van der Waals surface area (Å²) >= 11 is 0. The lowest BCUT2D eigenvalue weighted by molar-refractivity contribution is -0.274. The summed E-state index contributed by atoms with van der Waals surface area (Å²) in [4.78, 5) is 47.8. The molecule has 8 nitrogen and oxygen atoms in total. The zero-order valence-electron chi connectivity index (χ0n) is 19.3. The van der Waals surface area contributed by atoms with Gasteiger partial charge in [-0.05, 0) is 69.0 Å². The Labute approximate surface area is 200 Å². The van der Waals surface area contributed by atoms with Crippen molar-refractivity contribution in [2.75, 3.05) is 18.0 Å². The normalized spacial score (nSPS) is 18.3. The van der Waals surface area contributed by atoms with E-state index in [-0.39, 0.29) is 18.1 Å². The van der Waals surface area contributed by atoms with E-state index in [0.29, 0.717) is 24.2 Å². The van der Waals surface area contributed by atoms with Gasteiger partial charge < -0.3 is 14.5 Å². The van der Waals surface area contributed by atoms with Crippen LogP contribution < -0.4 is 9.64 Å². The predicted octanol–water partition coefficient (Wildman–Crippen LogP) is 4.35. The molecule has 1 aromatic heterocycles. The number of aromatic nitrogens is 1. The standard InChI is InChI=1S/C24H25F3N4O4/c1-23(2)21(33)31(17-6-8-18(9-7-17)35-24(25,26)27)22(34)30(23)15-16-10-11-28-14-19(16)20(32)29-12-4-3-5-13-29/h6-11,14H,3-5,12-13,15H2,1-2H3. The van der Waals surface area contributed by atoms with Crippen molar-refractivity contribution in [1.82, 2.24) is 14.8 Å². The van der Waals surface area contributed by atoms with E-state index in [0.717, 1.165) is 36.3 Å². The number of hydrogen-bond acceptors (Lipinski definition) is 5. The highest BCUT2D eigenvalue weighted by atomic mass is 19.4. The summed E-state index contributed by atoms with van der Waals surface area (Å²) in [6.07, 6.45) is 1.06. The van der Waals surface area contributed by atoms with Crippen LogP contribution in [0.5, 0.6) is 5.75 Å². The van der Waals surface area contributed by atoms with Gasteiger partial charge in [0.15, 0.2) is 0 Å². The monoisotopic (exact) mass is 490 g/mol. The van der Waals surface area contributed by atoms with E-state index in [4.69, 9.17) is 0 Å². The number of halogens is 3. The van der Waals surface area contributed by atoms with Crippen molar-refractivity contribution in [3.63, 3.8) is 0 Å². The molecular weight excluding hydrogens is 465 g/mol. The van der Waals surface area contributed by atoms with Gasteiger partial charge >= 0.3 is 12.4 Å². The molecule has 0 atom stereocenters. The summed E-state index contributed by atoms with van der Waals surface area (Å²) < 4.78 is 41.2. The van der Waals surface area contributed by atoms with Crippen LogP contribution >= 0.6 is 0 Å². The molecule has 2 aromatic rings. The first-order chi connectivity index (χ1) is 16.5. The SMILES string of the molecule is CC1(C)C(=O)N(c2ccc(OC(F)(F)F)cc2)C(=O)N1Cc1ccncc1C(=O)N1CCCCC1. The molecule has 0 radical (unpaired) electrons. The van der Waals surface area contributed by atoms with Crippen LogP contribution in [0.2, 0.25) is 0 Å². The lowest BCUT2D eigenvalue weighted by atomic mass is 10.0. The minimum atomic E-state index is -4.85. The summed E-state index contributed by atoms with van der Waals surface area (Å²) in [6, 6.07) is 5.52. The van der Waals surface area contributed by atoms with Gasteiger partial charge in [-0.15, -0.1) is 13.2 Å². The van der Waals surface area contributed by atoms with Crippen LogP contribution in [0.4, 0.5) is 23.7 Å². The Hall–Kier alpha value is -3.63. The Bertz CT molecular complexity index is 1130. The number of piperidine rings is 1. The van der Waals surface area contributed by atoms with Crippen molar-refractivity contribution < 1.29 is 32.3 Å². The second-order valence-corrected chi connectivity index (χ2v) is 9.00. The van der Waals surface area contributed by atoms with E-state index in [1.54, 1.807) is 24.8 Å². The van der Waals surface area contributed by atoms with Gasteiger partial charge in [-0.3, -0.25) is 14.6 Å². The molecule has 3 heterocycles. The van der Waals surface area contributed by atoms with Crippen molar-refractivity contribution in [3.8, 4) is 5.75 Å². The number of nitrogens with zero attached hydrogens (tertiary/aromatic N) is 4. The van der Waals surface area contributed by atoms with Gasteiger partial charge in [0, 0.05) is 32.0 Å². The van der Waals surface area contributed by atoms with Crippen LogP contribution in [0, 0.1) is 0 Å². The van der Waals surface area contributed by atoms with Gasteiger partial charge in [-0.1, -0.05) is 0 Å². The quantitative estimate of drug-likeness (QED) is 0.582. The topological polar surface area (TPSA) is 83.0 Å². The van der Waals surface area contributed by atoms with E-state index >= 15 is 0 Å². The Kier molecular flexibility index (Phi) is 6.44. The van der Waals surface area contributed by atoms with Crippen LogP contribution in [0.25, 0.3) is 0 Å². The van der Waals surface area contributed by atoms with Crippen LogP contribution in [0.3, 0.4) is 0 Å². The highest BCUT2D eigenvalue weighted by Gasteiger charge is 2.52. The third-order valence-corrected chi connectivity index (χ3v) is 6.27. The maximum Gasteiger partial charge on any atom is 0.573 e. The second kappa shape index (κ2) is 9.20. The first-order valence-corrected chi connectivity index (χ1v) is 11.2. The molecule has 1 aromatic carbocycles. The minimum Gasteiger partial charge on any atom is -0.406 e. The number of anilines is 1. The summed E-state index contributed by atoms with van der Waals surface area (Å²) in [6.45, 7) is 4.47. The highest BCUT2D eigenvalue weighted by molar-refractivity contribution is 6.23. The van der Waals surface area contributed by atoms with Crippen LogP contribution in [0.15, 0.2) is 42.7 Å². The Balaban J connectivity index is 1.58. The molecule has 0 bridgehead atoms. The molecule has 2 saturated heterocycles. The molecule has 2 aliphatic rings. The van der Waals surface area contributed by atoms with Crippen molar-refractivity contribution in [1.29, 1.82) is 0 Å². The maximum absolute atomic E-state index is 13.3. The predicted molar refractivity (Wildman–Crippen MR) is 120 cm³/mol. The highest BCUT2D eigenvalue weighted by Crippen LogP contribution is 2.35. The van der Waals surface area contributed by atoms with Gasteiger partial charge in [0.25, 0.3) is 11.8 Å². The Morgan fingerprint density at radius 1 is 1.06 bits per heavy atom. The lowest BCUT2D eigenvalue weighted by Crippen LogP contribution is -2.44. The molecule has 0 saturated carbocycles. The van der Waals surface area contributed by atoms with E-state index < -0.39 is 29.6 Å². The summed E-state index contributed by atoms with van der Waals surface area (Å²) in [7, 11) is 0. The number of pyridine rings is 1. The fourth-order valence-electron chi connectivity index (χ4n) is 4.32. The number of carbonyl (C=O) groups is 3. The molecule has 0 aliphatic carbocycles.